The van der Waals surface area contributed by atoms with E-state index < -0.39 is 11.4 Å². The fourth-order valence-corrected chi connectivity index (χ4v) is 1.60. The van der Waals surface area contributed by atoms with Crippen LogP contribution in [0.4, 0.5) is 4.39 Å². The van der Waals surface area contributed by atoms with Crippen molar-refractivity contribution >= 4 is 0 Å². The van der Waals surface area contributed by atoms with Crippen LogP contribution in [0.15, 0.2) is 30.5 Å². The zero-order chi connectivity index (χ0) is 13.3. The first-order valence-corrected chi connectivity index (χ1v) is 5.41. The lowest BCUT2D eigenvalue weighted by Gasteiger charge is -2.13. The summed E-state index contributed by atoms with van der Waals surface area (Å²) in [6, 6.07) is 7.78. The summed E-state index contributed by atoms with van der Waals surface area (Å²) in [6.45, 7) is 3.22. The summed E-state index contributed by atoms with van der Waals surface area (Å²) in [7, 11) is 0. The Bertz CT molecular complexity index is 620. The second-order valence-corrected chi connectivity index (χ2v) is 4.45. The van der Waals surface area contributed by atoms with Crippen LogP contribution in [0.3, 0.4) is 0 Å². The van der Waals surface area contributed by atoms with Crippen molar-refractivity contribution in [3.8, 4) is 11.8 Å². The molecule has 5 heteroatoms. The van der Waals surface area contributed by atoms with E-state index in [1.54, 1.807) is 32.2 Å². The largest absolute Gasteiger partial charge is 0.384 e. The van der Waals surface area contributed by atoms with Crippen molar-refractivity contribution in [3.63, 3.8) is 0 Å². The van der Waals surface area contributed by atoms with Crippen LogP contribution in [0.25, 0.3) is 5.69 Å². The second kappa shape index (κ2) is 4.24. The third kappa shape index (κ3) is 2.11. The summed E-state index contributed by atoms with van der Waals surface area (Å²) in [6.07, 6.45) is 1.59. The van der Waals surface area contributed by atoms with Crippen LogP contribution in [0, 0.1) is 17.1 Å². The van der Waals surface area contributed by atoms with Crippen LogP contribution in [-0.2, 0) is 5.60 Å². The van der Waals surface area contributed by atoms with Crippen molar-refractivity contribution in [3.05, 3.63) is 47.5 Å². The lowest BCUT2D eigenvalue weighted by atomic mass is 10.1. The smallest absolute Gasteiger partial charge is 0.143 e. The first-order chi connectivity index (χ1) is 8.43. The van der Waals surface area contributed by atoms with Gasteiger partial charge in [0.15, 0.2) is 0 Å². The summed E-state index contributed by atoms with van der Waals surface area (Å²) >= 11 is 0. The highest BCUT2D eigenvalue weighted by Gasteiger charge is 2.20. The van der Waals surface area contributed by atoms with Gasteiger partial charge in [0, 0.05) is 6.20 Å². The van der Waals surface area contributed by atoms with E-state index in [2.05, 4.69) is 5.10 Å². The third-order valence-corrected chi connectivity index (χ3v) is 2.57. The maximum absolute atomic E-state index is 13.5. The predicted molar refractivity (Wildman–Crippen MR) is 63.5 cm³/mol. The SMILES string of the molecule is CC(C)(O)c1ccn(-c2cccc(F)c2C#N)n1. The van der Waals surface area contributed by atoms with E-state index in [1.807, 2.05) is 6.07 Å². The quantitative estimate of drug-likeness (QED) is 0.881. The Morgan fingerprint density at radius 2 is 2.11 bits per heavy atom. The Kier molecular flexibility index (Phi) is 2.89. The molecule has 2 rings (SSSR count). The average Bonchev–Trinajstić information content (AvgIpc) is 2.77. The van der Waals surface area contributed by atoms with Crippen LogP contribution in [0.5, 0.6) is 0 Å². The highest BCUT2D eigenvalue weighted by Crippen LogP contribution is 2.21. The van der Waals surface area contributed by atoms with Crippen LogP contribution >= 0.6 is 0 Å². The standard InChI is InChI=1S/C13H12FN3O/c1-13(2,18)12-6-7-17(16-12)11-5-3-4-10(14)9(11)8-15/h3-7,18H,1-2H3. The van der Waals surface area contributed by atoms with Gasteiger partial charge in [-0.1, -0.05) is 6.07 Å². The van der Waals surface area contributed by atoms with Crippen molar-refractivity contribution in [1.82, 2.24) is 9.78 Å². The molecule has 1 heterocycles. The Morgan fingerprint density at radius 3 is 2.67 bits per heavy atom. The third-order valence-electron chi connectivity index (χ3n) is 2.57. The van der Waals surface area contributed by atoms with Crippen LogP contribution < -0.4 is 0 Å². The summed E-state index contributed by atoms with van der Waals surface area (Å²) in [4.78, 5) is 0. The van der Waals surface area contributed by atoms with Crippen molar-refractivity contribution in [2.45, 2.75) is 19.4 Å². The average molecular weight is 245 g/mol. The van der Waals surface area contributed by atoms with Crippen molar-refractivity contribution in [1.29, 1.82) is 5.26 Å². The van der Waals surface area contributed by atoms with Gasteiger partial charge >= 0.3 is 0 Å². The van der Waals surface area contributed by atoms with Crippen molar-refractivity contribution in [2.75, 3.05) is 0 Å². The van der Waals surface area contributed by atoms with Crippen molar-refractivity contribution in [2.24, 2.45) is 0 Å². The number of aliphatic hydroxyl groups is 1. The Labute approximate surface area is 104 Å². The lowest BCUT2D eigenvalue weighted by Crippen LogP contribution is -2.16. The molecule has 18 heavy (non-hydrogen) atoms. The van der Waals surface area contributed by atoms with E-state index in [4.69, 9.17) is 5.26 Å². The predicted octanol–water partition coefficient (Wildman–Crippen LogP) is 2.11. The minimum Gasteiger partial charge on any atom is -0.384 e. The minimum atomic E-state index is -1.08. The normalized spacial score (nSPS) is 11.3. The van der Waals surface area contributed by atoms with Gasteiger partial charge in [-0.05, 0) is 32.0 Å². The first-order valence-electron chi connectivity index (χ1n) is 5.41. The van der Waals surface area contributed by atoms with E-state index in [-0.39, 0.29) is 5.56 Å². The van der Waals surface area contributed by atoms with Gasteiger partial charge < -0.3 is 5.11 Å². The molecular formula is C13H12FN3O. The fraction of sp³-hybridized carbons (Fsp3) is 0.231. The van der Waals surface area contributed by atoms with E-state index in [1.165, 1.54) is 16.8 Å². The Hall–Kier alpha value is -2.19. The maximum Gasteiger partial charge on any atom is 0.143 e. The van der Waals surface area contributed by atoms with Gasteiger partial charge in [-0.3, -0.25) is 0 Å². The minimum absolute atomic E-state index is 0.0668. The molecule has 4 nitrogen and oxygen atoms in total. The molecule has 0 saturated heterocycles. The zero-order valence-corrected chi connectivity index (χ0v) is 10.1. The van der Waals surface area contributed by atoms with Crippen LogP contribution in [0.1, 0.15) is 25.1 Å². The molecule has 0 aliphatic rings. The fourth-order valence-electron chi connectivity index (χ4n) is 1.60. The molecule has 1 N–H and O–H groups in total. The van der Waals surface area contributed by atoms with Gasteiger partial charge in [0.05, 0.1) is 11.4 Å². The molecule has 0 spiro atoms. The summed E-state index contributed by atoms with van der Waals surface area (Å²) in [5, 5.41) is 22.9. The van der Waals surface area contributed by atoms with E-state index in [0.717, 1.165) is 0 Å². The van der Waals surface area contributed by atoms with Crippen LogP contribution in [0.2, 0.25) is 0 Å². The van der Waals surface area contributed by atoms with E-state index in [9.17, 15) is 9.50 Å². The summed E-state index contributed by atoms with van der Waals surface area (Å²) in [5.41, 5.74) is -0.336. The molecule has 0 saturated carbocycles. The monoisotopic (exact) mass is 245 g/mol. The van der Waals surface area contributed by atoms with Gasteiger partial charge in [0.1, 0.15) is 23.1 Å². The number of rotatable bonds is 2. The topological polar surface area (TPSA) is 61.8 Å². The number of hydrogen-bond donors (Lipinski definition) is 1. The molecule has 0 fully saturated rings. The second-order valence-electron chi connectivity index (χ2n) is 4.45. The van der Waals surface area contributed by atoms with Crippen LogP contribution in [-0.4, -0.2) is 14.9 Å². The number of nitrogens with zero attached hydrogens (tertiary/aromatic N) is 3. The number of aromatic nitrogens is 2. The number of benzene rings is 1. The zero-order valence-electron chi connectivity index (χ0n) is 10.1. The summed E-state index contributed by atoms with van der Waals surface area (Å²) < 4.78 is 14.8. The highest BCUT2D eigenvalue weighted by molar-refractivity contribution is 5.49. The molecule has 0 aliphatic carbocycles. The Morgan fingerprint density at radius 1 is 1.39 bits per heavy atom. The molecule has 0 atom stereocenters. The molecule has 0 unspecified atom stereocenters. The number of nitriles is 1. The molecule has 1 aromatic carbocycles. The lowest BCUT2D eigenvalue weighted by molar-refractivity contribution is 0.0734. The molecule has 0 radical (unpaired) electrons. The first kappa shape index (κ1) is 12.3. The molecule has 0 bridgehead atoms. The van der Waals surface area contributed by atoms with Gasteiger partial charge in [0.2, 0.25) is 0 Å². The van der Waals surface area contributed by atoms with Gasteiger partial charge in [-0.2, -0.15) is 10.4 Å². The Balaban J connectivity index is 2.54. The molecule has 1 aromatic heterocycles. The summed E-state index contributed by atoms with van der Waals surface area (Å²) in [5.74, 6) is -0.588. The van der Waals surface area contributed by atoms with Gasteiger partial charge in [-0.15, -0.1) is 0 Å². The van der Waals surface area contributed by atoms with Gasteiger partial charge in [0.25, 0.3) is 0 Å². The molecule has 0 amide bonds. The van der Waals surface area contributed by atoms with E-state index in [0.29, 0.717) is 11.4 Å². The van der Waals surface area contributed by atoms with E-state index >= 15 is 0 Å². The molecular weight excluding hydrogens is 233 g/mol. The van der Waals surface area contributed by atoms with Gasteiger partial charge in [-0.25, -0.2) is 9.07 Å². The van der Waals surface area contributed by atoms with Crippen molar-refractivity contribution < 1.29 is 9.50 Å². The molecule has 92 valence electrons. The molecule has 0 aliphatic heterocycles. The molecule has 2 aromatic rings. The number of hydrogen-bond acceptors (Lipinski definition) is 3. The maximum atomic E-state index is 13.5. The number of halogens is 1. The highest BCUT2D eigenvalue weighted by atomic mass is 19.1.